The summed E-state index contributed by atoms with van der Waals surface area (Å²) in [6.45, 7) is 6.55. The lowest BCUT2D eigenvalue weighted by Gasteiger charge is -2.16. The predicted molar refractivity (Wildman–Crippen MR) is 75.9 cm³/mol. The Morgan fingerprint density at radius 3 is 3.11 bits per heavy atom. The van der Waals surface area contributed by atoms with Crippen molar-refractivity contribution in [3.8, 4) is 0 Å². The van der Waals surface area contributed by atoms with Gasteiger partial charge in [0.2, 0.25) is 5.95 Å². The van der Waals surface area contributed by atoms with Gasteiger partial charge in [0.25, 0.3) is 0 Å². The van der Waals surface area contributed by atoms with Gasteiger partial charge in [-0.1, -0.05) is 29.8 Å². The molecule has 1 atom stereocenters. The van der Waals surface area contributed by atoms with E-state index in [0.29, 0.717) is 0 Å². The van der Waals surface area contributed by atoms with Crippen molar-refractivity contribution in [2.45, 2.75) is 19.5 Å². The lowest BCUT2D eigenvalue weighted by atomic mass is 10.1. The number of anilines is 1. The SMILES string of the molecule is C=CCn1ccnc1NC(C)c1cccc(Cl)c1. The zero-order valence-electron chi connectivity index (χ0n) is 10.3. The minimum atomic E-state index is 0.148. The topological polar surface area (TPSA) is 29.9 Å². The maximum Gasteiger partial charge on any atom is 0.203 e. The molecule has 1 heterocycles. The zero-order valence-corrected chi connectivity index (χ0v) is 11.1. The molecule has 0 radical (unpaired) electrons. The van der Waals surface area contributed by atoms with Crippen molar-refractivity contribution in [3.63, 3.8) is 0 Å². The van der Waals surface area contributed by atoms with Crippen molar-refractivity contribution in [1.29, 1.82) is 0 Å². The summed E-state index contributed by atoms with van der Waals surface area (Å²) in [6, 6.07) is 7.97. The molecule has 0 fully saturated rings. The smallest absolute Gasteiger partial charge is 0.203 e. The highest BCUT2D eigenvalue weighted by Gasteiger charge is 2.08. The van der Waals surface area contributed by atoms with Gasteiger partial charge in [-0.05, 0) is 24.6 Å². The van der Waals surface area contributed by atoms with Gasteiger partial charge >= 0.3 is 0 Å². The van der Waals surface area contributed by atoms with E-state index in [9.17, 15) is 0 Å². The molecule has 2 rings (SSSR count). The Kier molecular flexibility index (Phi) is 4.05. The molecule has 0 amide bonds. The second-order valence-electron chi connectivity index (χ2n) is 4.11. The Balaban J connectivity index is 2.13. The van der Waals surface area contributed by atoms with Crippen molar-refractivity contribution < 1.29 is 0 Å². The number of aromatic nitrogens is 2. The third-order valence-electron chi connectivity index (χ3n) is 2.74. The number of hydrogen-bond donors (Lipinski definition) is 1. The molecule has 0 spiro atoms. The van der Waals surface area contributed by atoms with Crippen molar-refractivity contribution >= 4 is 17.5 Å². The molecule has 0 aliphatic carbocycles. The number of benzene rings is 1. The largest absolute Gasteiger partial charge is 0.349 e. The first kappa shape index (κ1) is 12.7. The summed E-state index contributed by atoms with van der Waals surface area (Å²) in [5, 5.41) is 4.11. The van der Waals surface area contributed by atoms with Gasteiger partial charge in [-0.15, -0.1) is 6.58 Å². The van der Waals surface area contributed by atoms with Gasteiger partial charge in [-0.25, -0.2) is 4.98 Å². The van der Waals surface area contributed by atoms with E-state index in [1.54, 1.807) is 6.20 Å². The van der Waals surface area contributed by atoms with Crippen LogP contribution in [0.25, 0.3) is 0 Å². The quantitative estimate of drug-likeness (QED) is 0.828. The standard InChI is InChI=1S/C14H16ClN3/c1-3-8-18-9-7-16-14(18)17-11(2)12-5-4-6-13(15)10-12/h3-7,9-11H,1,8H2,2H3,(H,16,17). The molecular weight excluding hydrogens is 246 g/mol. The van der Waals surface area contributed by atoms with Crippen molar-refractivity contribution in [1.82, 2.24) is 9.55 Å². The second kappa shape index (κ2) is 5.74. The minimum Gasteiger partial charge on any atom is -0.349 e. The summed E-state index contributed by atoms with van der Waals surface area (Å²) in [5.74, 6) is 0.836. The monoisotopic (exact) mass is 261 g/mol. The Morgan fingerprint density at radius 2 is 2.39 bits per heavy atom. The van der Waals surface area contributed by atoms with E-state index in [2.05, 4.69) is 23.8 Å². The van der Waals surface area contributed by atoms with Gasteiger partial charge in [0, 0.05) is 24.0 Å². The van der Waals surface area contributed by atoms with Gasteiger partial charge < -0.3 is 9.88 Å². The Labute approximate surface area is 112 Å². The number of allylic oxidation sites excluding steroid dienone is 1. The van der Waals surface area contributed by atoms with Crippen LogP contribution in [0.4, 0.5) is 5.95 Å². The summed E-state index contributed by atoms with van der Waals surface area (Å²) in [5.41, 5.74) is 1.13. The summed E-state index contributed by atoms with van der Waals surface area (Å²) in [6.07, 6.45) is 5.54. The molecule has 0 aliphatic heterocycles. The maximum atomic E-state index is 5.99. The maximum absolute atomic E-state index is 5.99. The Hall–Kier alpha value is -1.74. The van der Waals surface area contributed by atoms with E-state index >= 15 is 0 Å². The normalized spacial score (nSPS) is 12.1. The van der Waals surface area contributed by atoms with Crippen molar-refractivity contribution in [2.24, 2.45) is 0 Å². The number of hydrogen-bond acceptors (Lipinski definition) is 2. The van der Waals surface area contributed by atoms with Crippen LogP contribution in [0.15, 0.2) is 49.3 Å². The van der Waals surface area contributed by atoms with E-state index in [1.807, 2.05) is 41.1 Å². The van der Waals surface area contributed by atoms with E-state index in [0.717, 1.165) is 23.1 Å². The molecule has 0 saturated heterocycles. The van der Waals surface area contributed by atoms with E-state index < -0.39 is 0 Å². The fraction of sp³-hybridized carbons (Fsp3) is 0.214. The van der Waals surface area contributed by atoms with Crippen LogP contribution < -0.4 is 5.32 Å². The fourth-order valence-corrected chi connectivity index (χ4v) is 1.99. The van der Waals surface area contributed by atoms with Gasteiger partial charge in [-0.2, -0.15) is 0 Å². The van der Waals surface area contributed by atoms with Crippen molar-refractivity contribution in [2.75, 3.05) is 5.32 Å². The highest BCUT2D eigenvalue weighted by molar-refractivity contribution is 6.30. The third kappa shape index (κ3) is 2.93. The van der Waals surface area contributed by atoms with Gasteiger partial charge in [-0.3, -0.25) is 0 Å². The molecule has 94 valence electrons. The number of imidazole rings is 1. The predicted octanol–water partition coefficient (Wildman–Crippen LogP) is 3.90. The molecule has 4 heteroatoms. The molecule has 2 aromatic rings. The van der Waals surface area contributed by atoms with Crippen LogP contribution >= 0.6 is 11.6 Å². The Morgan fingerprint density at radius 1 is 1.56 bits per heavy atom. The average molecular weight is 262 g/mol. The fourth-order valence-electron chi connectivity index (χ4n) is 1.79. The van der Waals surface area contributed by atoms with Crippen LogP contribution in [0.3, 0.4) is 0 Å². The highest BCUT2D eigenvalue weighted by Crippen LogP contribution is 2.21. The van der Waals surface area contributed by atoms with Gasteiger partial charge in [0.05, 0.1) is 6.04 Å². The van der Waals surface area contributed by atoms with Gasteiger partial charge in [0.1, 0.15) is 0 Å². The van der Waals surface area contributed by atoms with E-state index in [-0.39, 0.29) is 6.04 Å². The van der Waals surface area contributed by atoms with Crippen LogP contribution in [-0.4, -0.2) is 9.55 Å². The number of nitrogens with one attached hydrogen (secondary N) is 1. The highest BCUT2D eigenvalue weighted by atomic mass is 35.5. The average Bonchev–Trinajstić information content (AvgIpc) is 2.77. The first-order valence-corrected chi connectivity index (χ1v) is 6.22. The summed E-state index contributed by atoms with van der Waals surface area (Å²) in [7, 11) is 0. The van der Waals surface area contributed by atoms with Crippen LogP contribution in [-0.2, 0) is 6.54 Å². The van der Waals surface area contributed by atoms with E-state index in [4.69, 9.17) is 11.6 Å². The molecule has 18 heavy (non-hydrogen) atoms. The first-order valence-electron chi connectivity index (χ1n) is 5.84. The molecule has 1 aromatic carbocycles. The van der Waals surface area contributed by atoms with Crippen LogP contribution in [0.2, 0.25) is 5.02 Å². The first-order chi connectivity index (χ1) is 8.70. The lowest BCUT2D eigenvalue weighted by Crippen LogP contribution is -2.11. The van der Waals surface area contributed by atoms with Crippen LogP contribution in [0, 0.1) is 0 Å². The van der Waals surface area contributed by atoms with E-state index in [1.165, 1.54) is 0 Å². The summed E-state index contributed by atoms with van der Waals surface area (Å²) >= 11 is 5.99. The minimum absolute atomic E-state index is 0.148. The molecular formula is C14H16ClN3. The Bertz CT molecular complexity index is 533. The van der Waals surface area contributed by atoms with Gasteiger partial charge in [0.15, 0.2) is 0 Å². The number of halogens is 1. The van der Waals surface area contributed by atoms with Crippen molar-refractivity contribution in [3.05, 3.63) is 59.9 Å². The molecule has 3 nitrogen and oxygen atoms in total. The van der Waals surface area contributed by atoms with Crippen LogP contribution in [0.5, 0.6) is 0 Å². The second-order valence-corrected chi connectivity index (χ2v) is 4.55. The lowest BCUT2D eigenvalue weighted by molar-refractivity contribution is 0.784. The molecule has 1 unspecified atom stereocenters. The number of rotatable bonds is 5. The van der Waals surface area contributed by atoms with Crippen LogP contribution in [0.1, 0.15) is 18.5 Å². The third-order valence-corrected chi connectivity index (χ3v) is 2.97. The number of nitrogens with zero attached hydrogens (tertiary/aromatic N) is 2. The summed E-state index contributed by atoms with van der Waals surface area (Å²) in [4.78, 5) is 4.29. The molecule has 0 aliphatic rings. The molecule has 1 N–H and O–H groups in total. The summed E-state index contributed by atoms with van der Waals surface area (Å²) < 4.78 is 2.01. The molecule has 0 bridgehead atoms. The molecule has 1 aromatic heterocycles. The zero-order chi connectivity index (χ0) is 13.0. The molecule has 0 saturated carbocycles.